The van der Waals surface area contributed by atoms with Gasteiger partial charge in [-0.25, -0.2) is 4.39 Å². The summed E-state index contributed by atoms with van der Waals surface area (Å²) in [6.45, 7) is 1.46. The number of piperidine rings is 1. The average Bonchev–Trinajstić information content (AvgIpc) is 3.52. The Bertz CT molecular complexity index is 1030. The molecule has 2 fully saturated rings. The number of aliphatic carboxylic acids is 1. The molecule has 1 aromatic heterocycles. The maximum absolute atomic E-state index is 14.6. The van der Waals surface area contributed by atoms with E-state index in [4.69, 9.17) is 17.7 Å². The normalized spacial score (nSPS) is 20.9. The number of carbonyl (C=O) groups is 2. The van der Waals surface area contributed by atoms with Crippen molar-refractivity contribution in [3.8, 4) is 0 Å². The number of likely N-dealkylation sites (tertiary alicyclic amines) is 1. The van der Waals surface area contributed by atoms with Gasteiger partial charge in [0.1, 0.15) is 5.82 Å². The maximum Gasteiger partial charge on any atom is 0.303 e. The van der Waals surface area contributed by atoms with Crippen LogP contribution in [0.1, 0.15) is 49.5 Å². The zero-order valence-electron chi connectivity index (χ0n) is 18.0. The first-order chi connectivity index (χ1) is 15.4. The summed E-state index contributed by atoms with van der Waals surface area (Å²) in [5.74, 6) is -0.733. The van der Waals surface area contributed by atoms with Crippen molar-refractivity contribution in [2.75, 3.05) is 13.1 Å². The quantitative estimate of drug-likeness (QED) is 0.515. The van der Waals surface area contributed by atoms with E-state index in [0.29, 0.717) is 43.9 Å². The first-order valence-electron chi connectivity index (χ1n) is 10.8. The summed E-state index contributed by atoms with van der Waals surface area (Å²) in [5.41, 5.74) is 1.36. The Morgan fingerprint density at radius 1 is 1.27 bits per heavy atom. The van der Waals surface area contributed by atoms with Crippen LogP contribution in [0.5, 0.6) is 0 Å². The lowest BCUT2D eigenvalue weighted by Crippen LogP contribution is -2.42. The minimum absolute atomic E-state index is 0. The highest BCUT2D eigenvalue weighted by Gasteiger charge is 2.40. The second kappa shape index (κ2) is 11.2. The summed E-state index contributed by atoms with van der Waals surface area (Å²) in [4.78, 5) is 27.2. The van der Waals surface area contributed by atoms with Gasteiger partial charge in [0.15, 0.2) is 11.6 Å². The molecule has 4 rings (SSSR count). The zero-order chi connectivity index (χ0) is 22.7. The van der Waals surface area contributed by atoms with Crippen molar-refractivity contribution in [3.05, 3.63) is 47.0 Å². The van der Waals surface area contributed by atoms with Crippen LogP contribution in [0.15, 0.2) is 29.8 Å². The molecule has 2 atom stereocenters. The molecule has 11 heteroatoms. The third kappa shape index (κ3) is 6.39. The molecule has 8 nitrogen and oxygen atoms in total. The topological polar surface area (TPSA) is 101 Å². The van der Waals surface area contributed by atoms with Crippen LogP contribution in [0.4, 0.5) is 4.39 Å². The second-order valence-corrected chi connectivity index (χ2v) is 8.96. The molecule has 1 saturated heterocycles. The Morgan fingerprint density at radius 2 is 2.03 bits per heavy atom. The zero-order valence-corrected chi connectivity index (χ0v) is 19.7. The van der Waals surface area contributed by atoms with Gasteiger partial charge in [0, 0.05) is 36.2 Å². The van der Waals surface area contributed by atoms with E-state index >= 15 is 0 Å². The average molecular weight is 496 g/mol. The monoisotopic (exact) mass is 495 g/mol. The fourth-order valence-corrected chi connectivity index (χ4v) is 4.29. The molecule has 178 valence electrons. The van der Waals surface area contributed by atoms with Gasteiger partial charge in [0.2, 0.25) is 0 Å². The Kier molecular flexibility index (Phi) is 8.61. The maximum atomic E-state index is 14.6. The van der Waals surface area contributed by atoms with Crippen molar-refractivity contribution < 1.29 is 19.1 Å². The number of benzene rings is 1. The van der Waals surface area contributed by atoms with E-state index in [2.05, 4.69) is 15.4 Å². The van der Waals surface area contributed by atoms with Crippen molar-refractivity contribution >= 4 is 42.9 Å². The van der Waals surface area contributed by atoms with Gasteiger partial charge in [-0.1, -0.05) is 18.2 Å². The van der Waals surface area contributed by atoms with E-state index in [1.807, 2.05) is 11.0 Å². The number of Topliss-reactive ketones (excluding diaryl/α,β-unsaturated/α-hetero) is 1. The Morgan fingerprint density at radius 3 is 2.73 bits per heavy atom. The van der Waals surface area contributed by atoms with E-state index in [9.17, 15) is 14.0 Å². The Balaban J connectivity index is 0.00000306. The van der Waals surface area contributed by atoms with Crippen LogP contribution in [0.3, 0.4) is 0 Å². The number of carbonyl (C=O) groups excluding carboxylic acids is 1. The van der Waals surface area contributed by atoms with Crippen LogP contribution < -0.4 is 0 Å². The van der Waals surface area contributed by atoms with Gasteiger partial charge >= 0.3 is 5.97 Å². The molecule has 33 heavy (non-hydrogen) atoms. The first kappa shape index (κ1) is 25.3. The number of nitrogens with zero attached hydrogens (tertiary/aromatic N) is 5. The molecule has 1 aliphatic heterocycles. The minimum Gasteiger partial charge on any atom is -0.481 e. The molecule has 0 amide bonds. The third-order valence-corrected chi connectivity index (χ3v) is 6.44. The first-order valence-corrected chi connectivity index (χ1v) is 11.3. The van der Waals surface area contributed by atoms with E-state index in [0.717, 1.165) is 18.4 Å². The molecular weight excluding hydrogens is 469 g/mol. The fraction of sp³-hybridized carbons (Fsp3) is 0.500. The van der Waals surface area contributed by atoms with Gasteiger partial charge in [0.05, 0.1) is 12.6 Å². The van der Waals surface area contributed by atoms with Crippen molar-refractivity contribution in [1.82, 2.24) is 25.1 Å². The number of tetrazole rings is 1. The lowest BCUT2D eigenvalue weighted by Gasteiger charge is -2.37. The molecule has 2 unspecified atom stereocenters. The molecule has 0 bridgehead atoms. The second-order valence-electron chi connectivity index (χ2n) is 8.34. The Labute approximate surface area is 203 Å². The number of carboxylic acids is 1. The van der Waals surface area contributed by atoms with Gasteiger partial charge in [-0.3, -0.25) is 14.5 Å². The predicted octanol–water partition coefficient (Wildman–Crippen LogP) is 3.21. The summed E-state index contributed by atoms with van der Waals surface area (Å²) in [7, 11) is 0. The highest BCUT2D eigenvalue weighted by Crippen LogP contribution is 2.39. The number of thiol groups is 1. The van der Waals surface area contributed by atoms with Crippen LogP contribution >= 0.6 is 25.0 Å². The van der Waals surface area contributed by atoms with Gasteiger partial charge < -0.3 is 5.11 Å². The van der Waals surface area contributed by atoms with Crippen molar-refractivity contribution in [3.63, 3.8) is 0 Å². The van der Waals surface area contributed by atoms with Crippen LogP contribution in [0, 0.1) is 11.7 Å². The predicted molar refractivity (Wildman–Crippen MR) is 126 cm³/mol. The number of rotatable bonds is 9. The van der Waals surface area contributed by atoms with Gasteiger partial charge in [-0.15, -0.1) is 22.6 Å². The van der Waals surface area contributed by atoms with E-state index in [1.54, 1.807) is 18.2 Å². The smallest absolute Gasteiger partial charge is 0.303 e. The number of hydrogen-bond acceptors (Lipinski definition) is 7. The van der Waals surface area contributed by atoms with Gasteiger partial charge in [-0.2, -0.15) is 17.4 Å². The minimum atomic E-state index is -0.863. The highest BCUT2D eigenvalue weighted by molar-refractivity contribution is 7.81. The molecular formula is C22H27ClFN5O3S. The molecule has 0 radical (unpaired) electrons. The lowest BCUT2D eigenvalue weighted by atomic mass is 9.93. The van der Waals surface area contributed by atoms with Crippen LogP contribution in [0.25, 0.3) is 6.08 Å². The van der Waals surface area contributed by atoms with Crippen LogP contribution in [-0.2, 0) is 16.1 Å². The molecule has 2 aliphatic rings. The molecule has 2 aromatic rings. The molecule has 1 aromatic carbocycles. The summed E-state index contributed by atoms with van der Waals surface area (Å²) in [6.07, 6.45) is 4.71. The standard InChI is InChI=1S/C22H26FN5O3S.ClH/c23-17-5-2-1-4-16(17)21(22(31)14-7-8-14)27-11-9-18(32)15(13-27)12-19-24-26-28(25-19)10-3-6-20(29)30;/h1-2,4-5,12,14,18,21,32H,3,6-11,13H2,(H,29,30);1H/b15-12-;. The number of halogens is 2. The SMILES string of the molecule is Cl.O=C(O)CCCn1nnc(/C=C2/CN(C(C(=O)C3CC3)c3ccccc3F)CCC2S)n1. The van der Waals surface area contributed by atoms with Gasteiger partial charge in [0.25, 0.3) is 0 Å². The van der Waals surface area contributed by atoms with Crippen molar-refractivity contribution in [2.45, 2.75) is 49.9 Å². The molecule has 2 heterocycles. The summed E-state index contributed by atoms with van der Waals surface area (Å²) in [6, 6.07) is 5.87. The largest absolute Gasteiger partial charge is 0.481 e. The Hall–Kier alpha value is -2.30. The number of aromatic nitrogens is 4. The van der Waals surface area contributed by atoms with Gasteiger partial charge in [-0.05, 0) is 48.6 Å². The summed E-state index contributed by atoms with van der Waals surface area (Å²) >= 11 is 4.69. The van der Waals surface area contributed by atoms with Crippen LogP contribution in [-0.4, -0.2) is 60.3 Å². The highest BCUT2D eigenvalue weighted by atomic mass is 35.5. The number of hydrogen-bond donors (Lipinski definition) is 2. The lowest BCUT2D eigenvalue weighted by molar-refractivity contribution is -0.137. The van der Waals surface area contributed by atoms with Crippen molar-refractivity contribution in [2.24, 2.45) is 5.92 Å². The van der Waals surface area contributed by atoms with Crippen LogP contribution in [0.2, 0.25) is 0 Å². The molecule has 1 N–H and O–H groups in total. The molecule has 1 aliphatic carbocycles. The van der Waals surface area contributed by atoms with E-state index in [-0.39, 0.29) is 41.6 Å². The third-order valence-electron chi connectivity index (χ3n) is 5.85. The molecule has 1 saturated carbocycles. The van der Waals surface area contributed by atoms with E-state index in [1.165, 1.54) is 10.9 Å². The summed E-state index contributed by atoms with van der Waals surface area (Å²) in [5, 5.41) is 21.0. The number of ketones is 1. The van der Waals surface area contributed by atoms with Crippen molar-refractivity contribution in [1.29, 1.82) is 0 Å². The number of aryl methyl sites for hydroxylation is 1. The molecule has 0 spiro atoms. The van der Waals surface area contributed by atoms with E-state index < -0.39 is 12.0 Å². The summed E-state index contributed by atoms with van der Waals surface area (Å²) < 4.78 is 14.6. The fourth-order valence-electron chi connectivity index (χ4n) is 4.02. The number of carboxylic acid groups (broad SMARTS) is 1.